The number of hydrazone groups is 1. The summed E-state index contributed by atoms with van der Waals surface area (Å²) in [6.07, 6.45) is 1.55. The first-order valence-corrected chi connectivity index (χ1v) is 8.46. The minimum atomic E-state index is -0.246. The van der Waals surface area contributed by atoms with E-state index in [1.807, 2.05) is 30.3 Å². The summed E-state index contributed by atoms with van der Waals surface area (Å²) in [5.41, 5.74) is 4.74. The van der Waals surface area contributed by atoms with Crippen molar-refractivity contribution in [2.75, 3.05) is 12.5 Å². The fourth-order valence-corrected chi connectivity index (χ4v) is 2.88. The number of oxazole rings is 1. The summed E-state index contributed by atoms with van der Waals surface area (Å²) in [6, 6.07) is 12.9. The maximum absolute atomic E-state index is 11.8. The van der Waals surface area contributed by atoms with Gasteiger partial charge in [0.15, 0.2) is 17.1 Å². The van der Waals surface area contributed by atoms with Crippen LogP contribution in [-0.4, -0.2) is 29.7 Å². The van der Waals surface area contributed by atoms with Crippen molar-refractivity contribution in [2.45, 2.75) is 5.22 Å². The number of ether oxygens (including phenoxy) is 2. The first-order chi connectivity index (χ1) is 12.3. The molecule has 0 bridgehead atoms. The molecule has 0 unspecified atom stereocenters. The monoisotopic (exact) mass is 355 g/mol. The number of fused-ring (bicyclic) bond motifs is 2. The fourth-order valence-electron chi connectivity index (χ4n) is 2.24. The molecule has 1 aliphatic rings. The molecule has 3 aromatic rings. The minimum Gasteiger partial charge on any atom is -0.454 e. The molecule has 0 saturated heterocycles. The van der Waals surface area contributed by atoms with Crippen LogP contribution in [0.25, 0.3) is 11.1 Å². The van der Waals surface area contributed by atoms with E-state index < -0.39 is 0 Å². The number of rotatable bonds is 5. The van der Waals surface area contributed by atoms with Crippen LogP contribution in [0.5, 0.6) is 11.5 Å². The predicted octanol–water partition coefficient (Wildman–Crippen LogP) is 2.80. The summed E-state index contributed by atoms with van der Waals surface area (Å²) in [7, 11) is 0. The molecule has 1 amide bonds. The largest absolute Gasteiger partial charge is 0.454 e. The maximum atomic E-state index is 11.8. The summed E-state index contributed by atoms with van der Waals surface area (Å²) in [5, 5.41) is 4.39. The van der Waals surface area contributed by atoms with Gasteiger partial charge in [0.2, 0.25) is 6.79 Å². The van der Waals surface area contributed by atoms with Crippen LogP contribution in [0.1, 0.15) is 5.56 Å². The third-order valence-electron chi connectivity index (χ3n) is 3.40. The van der Waals surface area contributed by atoms with Crippen molar-refractivity contribution in [3.63, 3.8) is 0 Å². The molecular formula is C17H13N3O4S. The van der Waals surface area contributed by atoms with Crippen LogP contribution < -0.4 is 14.9 Å². The maximum Gasteiger partial charge on any atom is 0.257 e. The Bertz CT molecular complexity index is 921. The van der Waals surface area contributed by atoms with Crippen LogP contribution in [0.15, 0.2) is 57.2 Å². The minimum absolute atomic E-state index is 0.158. The molecule has 25 heavy (non-hydrogen) atoms. The second kappa shape index (κ2) is 6.86. The Labute approximate surface area is 147 Å². The summed E-state index contributed by atoms with van der Waals surface area (Å²) < 4.78 is 16.1. The Morgan fingerprint density at radius 2 is 2.12 bits per heavy atom. The van der Waals surface area contributed by atoms with Crippen molar-refractivity contribution in [3.05, 3.63) is 48.0 Å². The highest BCUT2D eigenvalue weighted by molar-refractivity contribution is 7.99. The number of aromatic nitrogens is 1. The molecule has 0 radical (unpaired) electrons. The lowest BCUT2D eigenvalue weighted by Gasteiger charge is -1.99. The van der Waals surface area contributed by atoms with Crippen molar-refractivity contribution >= 4 is 35.0 Å². The van der Waals surface area contributed by atoms with Crippen LogP contribution in [-0.2, 0) is 4.79 Å². The molecule has 1 aliphatic heterocycles. The predicted molar refractivity (Wildman–Crippen MR) is 93.0 cm³/mol. The Morgan fingerprint density at radius 1 is 1.24 bits per heavy atom. The molecule has 2 heterocycles. The third-order valence-corrected chi connectivity index (χ3v) is 4.23. The molecule has 8 heteroatoms. The molecule has 0 saturated carbocycles. The van der Waals surface area contributed by atoms with E-state index in [9.17, 15) is 4.79 Å². The summed E-state index contributed by atoms with van der Waals surface area (Å²) in [6.45, 7) is 0.222. The van der Waals surface area contributed by atoms with E-state index in [0.29, 0.717) is 22.3 Å². The van der Waals surface area contributed by atoms with Gasteiger partial charge in [-0.2, -0.15) is 5.10 Å². The molecule has 1 aromatic heterocycles. The van der Waals surface area contributed by atoms with Crippen molar-refractivity contribution < 1.29 is 18.7 Å². The van der Waals surface area contributed by atoms with Gasteiger partial charge in [-0.3, -0.25) is 4.79 Å². The quantitative estimate of drug-likeness (QED) is 0.430. The van der Waals surface area contributed by atoms with Crippen LogP contribution in [0.2, 0.25) is 0 Å². The molecule has 1 N–H and O–H groups in total. The molecule has 0 aliphatic carbocycles. The molecule has 126 valence electrons. The van der Waals surface area contributed by atoms with Crippen molar-refractivity contribution in [3.8, 4) is 11.5 Å². The third kappa shape index (κ3) is 3.58. The van der Waals surface area contributed by atoms with Gasteiger partial charge in [0.25, 0.3) is 11.1 Å². The van der Waals surface area contributed by atoms with Gasteiger partial charge in [0.05, 0.1) is 12.0 Å². The second-order valence-electron chi connectivity index (χ2n) is 5.14. The number of hydrogen-bond donors (Lipinski definition) is 1. The standard InChI is InChI=1S/C17H13N3O4S/c21-16(9-25-17-19-12-3-1-2-4-13(12)24-17)20-18-8-11-5-6-14-15(7-11)23-10-22-14/h1-8H,9-10H2,(H,20,21). The van der Waals surface area contributed by atoms with Gasteiger partial charge in [0, 0.05) is 0 Å². The van der Waals surface area contributed by atoms with Crippen LogP contribution >= 0.6 is 11.8 Å². The van der Waals surface area contributed by atoms with E-state index in [1.165, 1.54) is 11.8 Å². The van der Waals surface area contributed by atoms with E-state index in [-0.39, 0.29) is 18.5 Å². The second-order valence-corrected chi connectivity index (χ2v) is 6.07. The van der Waals surface area contributed by atoms with Gasteiger partial charge in [-0.1, -0.05) is 23.9 Å². The average Bonchev–Trinajstić information content (AvgIpc) is 3.25. The topological polar surface area (TPSA) is 86.0 Å². The van der Waals surface area contributed by atoms with E-state index in [2.05, 4.69) is 15.5 Å². The Hall–Kier alpha value is -3.00. The number of carbonyl (C=O) groups is 1. The molecule has 0 spiro atoms. The zero-order chi connectivity index (χ0) is 17.1. The normalized spacial score (nSPS) is 12.8. The SMILES string of the molecule is O=C(CSc1nc2ccccc2o1)NN=Cc1ccc2c(c1)OCO2. The van der Waals surface area contributed by atoms with E-state index >= 15 is 0 Å². The fraction of sp³-hybridized carbons (Fsp3) is 0.118. The Kier molecular flexibility index (Phi) is 4.26. The lowest BCUT2D eigenvalue weighted by molar-refractivity contribution is -0.118. The Balaban J connectivity index is 1.30. The molecule has 0 atom stereocenters. The average molecular weight is 355 g/mol. The summed E-state index contributed by atoms with van der Waals surface area (Å²) >= 11 is 1.22. The number of amides is 1. The van der Waals surface area contributed by atoms with E-state index in [4.69, 9.17) is 13.9 Å². The van der Waals surface area contributed by atoms with Gasteiger partial charge in [-0.15, -0.1) is 0 Å². The molecule has 4 rings (SSSR count). The first kappa shape index (κ1) is 15.5. The van der Waals surface area contributed by atoms with Crippen LogP contribution in [0.3, 0.4) is 0 Å². The Morgan fingerprint density at radius 3 is 3.04 bits per heavy atom. The van der Waals surface area contributed by atoms with Gasteiger partial charge in [0.1, 0.15) is 5.52 Å². The van der Waals surface area contributed by atoms with Crippen LogP contribution in [0.4, 0.5) is 0 Å². The van der Waals surface area contributed by atoms with Crippen molar-refractivity contribution in [1.29, 1.82) is 0 Å². The highest BCUT2D eigenvalue weighted by Crippen LogP contribution is 2.31. The molecule has 0 fully saturated rings. The lowest BCUT2D eigenvalue weighted by Crippen LogP contribution is -2.19. The highest BCUT2D eigenvalue weighted by atomic mass is 32.2. The van der Waals surface area contributed by atoms with E-state index in [1.54, 1.807) is 18.3 Å². The first-order valence-electron chi connectivity index (χ1n) is 7.48. The van der Waals surface area contributed by atoms with Crippen molar-refractivity contribution in [2.24, 2.45) is 5.10 Å². The number of carbonyl (C=O) groups excluding carboxylic acids is 1. The number of benzene rings is 2. The summed E-state index contributed by atoms with van der Waals surface area (Å²) in [4.78, 5) is 16.1. The zero-order valence-electron chi connectivity index (χ0n) is 13.0. The zero-order valence-corrected chi connectivity index (χ0v) is 13.8. The van der Waals surface area contributed by atoms with Crippen molar-refractivity contribution in [1.82, 2.24) is 10.4 Å². The van der Waals surface area contributed by atoms with Gasteiger partial charge in [-0.25, -0.2) is 10.4 Å². The number of hydrogen-bond acceptors (Lipinski definition) is 7. The van der Waals surface area contributed by atoms with E-state index in [0.717, 1.165) is 11.1 Å². The number of nitrogens with zero attached hydrogens (tertiary/aromatic N) is 2. The number of thioether (sulfide) groups is 1. The van der Waals surface area contributed by atoms with Gasteiger partial charge >= 0.3 is 0 Å². The molecule has 7 nitrogen and oxygen atoms in total. The lowest BCUT2D eigenvalue weighted by atomic mass is 10.2. The smallest absolute Gasteiger partial charge is 0.257 e. The summed E-state index contributed by atoms with van der Waals surface area (Å²) in [5.74, 6) is 1.28. The number of nitrogens with one attached hydrogen (secondary N) is 1. The van der Waals surface area contributed by atoms with Gasteiger partial charge < -0.3 is 13.9 Å². The highest BCUT2D eigenvalue weighted by Gasteiger charge is 2.12. The molecule has 2 aromatic carbocycles. The molecular weight excluding hydrogens is 342 g/mol. The number of para-hydroxylation sites is 2. The van der Waals surface area contributed by atoms with Gasteiger partial charge in [-0.05, 0) is 35.9 Å². The van der Waals surface area contributed by atoms with Crippen LogP contribution in [0, 0.1) is 0 Å².